The highest BCUT2D eigenvalue weighted by Gasteiger charge is 2.51. The fraction of sp³-hybridized carbons (Fsp3) is 0.360. The van der Waals surface area contributed by atoms with Gasteiger partial charge in [0.25, 0.3) is 0 Å². The topological polar surface area (TPSA) is 18.5 Å². The van der Waals surface area contributed by atoms with E-state index in [0.29, 0.717) is 0 Å². The fourth-order valence-electron chi connectivity index (χ4n) is 4.59. The Hall–Kier alpha value is -2.10. The smallest absolute Gasteiger partial charge is 0.399 e. The van der Waals surface area contributed by atoms with Gasteiger partial charge in [-0.05, 0) is 78.3 Å². The second-order valence-corrected chi connectivity index (χ2v) is 9.76. The van der Waals surface area contributed by atoms with Gasteiger partial charge >= 0.3 is 7.12 Å². The maximum atomic E-state index is 6.26. The molecule has 0 saturated carbocycles. The van der Waals surface area contributed by atoms with Gasteiger partial charge in [0.2, 0.25) is 0 Å². The maximum Gasteiger partial charge on any atom is 0.494 e. The molecule has 0 amide bonds. The molecule has 0 aromatic heterocycles. The molecule has 2 nitrogen and oxygen atoms in total. The van der Waals surface area contributed by atoms with Gasteiger partial charge in [0.05, 0.1) is 11.2 Å². The minimum atomic E-state index is -0.326. The first-order valence-electron chi connectivity index (χ1n) is 10.1. The van der Waals surface area contributed by atoms with E-state index in [0.717, 1.165) is 5.46 Å². The molecule has 1 aliphatic heterocycles. The van der Waals surface area contributed by atoms with E-state index in [1.807, 2.05) is 0 Å². The van der Waals surface area contributed by atoms with Gasteiger partial charge in [0, 0.05) is 5.41 Å². The third kappa shape index (κ3) is 2.36. The third-order valence-corrected chi connectivity index (χ3v) is 7.09. The average Bonchev–Trinajstić information content (AvgIpc) is 3.00. The van der Waals surface area contributed by atoms with E-state index in [4.69, 9.17) is 9.31 Å². The third-order valence-electron chi connectivity index (χ3n) is 7.09. The molecule has 0 radical (unpaired) electrons. The highest BCUT2D eigenvalue weighted by atomic mass is 16.7. The summed E-state index contributed by atoms with van der Waals surface area (Å²) in [6.07, 6.45) is 0. The molecule has 1 aliphatic carbocycles. The summed E-state index contributed by atoms with van der Waals surface area (Å²) in [4.78, 5) is 0. The highest BCUT2D eigenvalue weighted by molar-refractivity contribution is 6.62. The van der Waals surface area contributed by atoms with Crippen molar-refractivity contribution < 1.29 is 9.31 Å². The van der Waals surface area contributed by atoms with Gasteiger partial charge in [0.15, 0.2) is 0 Å². The van der Waals surface area contributed by atoms with E-state index >= 15 is 0 Å². The first kappa shape index (κ1) is 18.0. The van der Waals surface area contributed by atoms with Gasteiger partial charge in [-0.2, -0.15) is 0 Å². The van der Waals surface area contributed by atoms with Crippen molar-refractivity contribution >= 4 is 23.4 Å². The lowest BCUT2D eigenvalue weighted by Gasteiger charge is -2.32. The normalized spacial score (nSPS) is 21.0. The second kappa shape index (κ2) is 5.49. The van der Waals surface area contributed by atoms with Gasteiger partial charge in [-0.25, -0.2) is 0 Å². The van der Waals surface area contributed by atoms with Crippen LogP contribution in [0.1, 0.15) is 52.7 Å². The van der Waals surface area contributed by atoms with Gasteiger partial charge < -0.3 is 9.31 Å². The minimum Gasteiger partial charge on any atom is -0.399 e. The van der Waals surface area contributed by atoms with Crippen molar-refractivity contribution in [1.29, 1.82) is 0 Å². The average molecular weight is 370 g/mol. The second-order valence-electron chi connectivity index (χ2n) is 9.76. The number of rotatable bonds is 1. The molecular weight excluding hydrogens is 343 g/mol. The van der Waals surface area contributed by atoms with Gasteiger partial charge in [0.1, 0.15) is 0 Å². The molecule has 1 saturated heterocycles. The van der Waals surface area contributed by atoms with Crippen molar-refractivity contribution in [2.75, 3.05) is 0 Å². The summed E-state index contributed by atoms with van der Waals surface area (Å²) in [6.45, 7) is 13.0. The Morgan fingerprint density at radius 1 is 0.643 bits per heavy atom. The Morgan fingerprint density at radius 3 is 2.04 bits per heavy atom. The van der Waals surface area contributed by atoms with E-state index in [2.05, 4.69) is 96.1 Å². The number of benzene rings is 3. The van der Waals surface area contributed by atoms with E-state index in [1.54, 1.807) is 0 Å². The summed E-state index contributed by atoms with van der Waals surface area (Å²) in [6, 6.07) is 20.1. The Balaban J connectivity index is 1.62. The van der Waals surface area contributed by atoms with Crippen molar-refractivity contribution in [2.24, 2.45) is 0 Å². The van der Waals surface area contributed by atoms with Gasteiger partial charge in [-0.1, -0.05) is 56.3 Å². The van der Waals surface area contributed by atoms with Crippen LogP contribution in [-0.4, -0.2) is 18.3 Å². The van der Waals surface area contributed by atoms with Gasteiger partial charge in [-0.3, -0.25) is 0 Å². The molecule has 0 bridgehead atoms. The van der Waals surface area contributed by atoms with Crippen LogP contribution in [0.2, 0.25) is 0 Å². The predicted molar refractivity (Wildman–Crippen MR) is 117 cm³/mol. The van der Waals surface area contributed by atoms with Crippen molar-refractivity contribution in [3.05, 3.63) is 65.7 Å². The van der Waals surface area contributed by atoms with E-state index in [1.165, 1.54) is 33.0 Å². The first-order valence-corrected chi connectivity index (χ1v) is 10.1. The Bertz CT molecular complexity index is 1090. The van der Waals surface area contributed by atoms with Crippen LogP contribution in [0.25, 0.3) is 21.9 Å². The largest absolute Gasteiger partial charge is 0.494 e. The number of hydrogen-bond donors (Lipinski definition) is 0. The number of fused-ring (bicyclic) bond motifs is 4. The zero-order chi connectivity index (χ0) is 19.9. The molecule has 0 N–H and O–H groups in total. The molecule has 0 unspecified atom stereocenters. The van der Waals surface area contributed by atoms with Crippen LogP contribution in [0.3, 0.4) is 0 Å². The molecule has 5 rings (SSSR count). The summed E-state index contributed by atoms with van der Waals surface area (Å²) in [5.74, 6) is 0. The van der Waals surface area contributed by atoms with Crippen LogP contribution in [0.5, 0.6) is 0 Å². The van der Waals surface area contributed by atoms with Crippen molar-refractivity contribution in [3.63, 3.8) is 0 Å². The summed E-state index contributed by atoms with van der Waals surface area (Å²) in [5.41, 5.74) is 5.97. The molecule has 28 heavy (non-hydrogen) atoms. The maximum absolute atomic E-state index is 6.26. The van der Waals surface area contributed by atoms with Gasteiger partial charge in [-0.15, -0.1) is 0 Å². The van der Waals surface area contributed by atoms with E-state index in [-0.39, 0.29) is 23.7 Å². The van der Waals surface area contributed by atoms with Crippen molar-refractivity contribution in [3.8, 4) is 11.1 Å². The molecule has 0 atom stereocenters. The summed E-state index contributed by atoms with van der Waals surface area (Å²) < 4.78 is 12.5. The van der Waals surface area contributed by atoms with Crippen molar-refractivity contribution in [1.82, 2.24) is 0 Å². The van der Waals surface area contributed by atoms with E-state index < -0.39 is 0 Å². The quantitative estimate of drug-likeness (QED) is 0.531. The Labute approximate surface area is 168 Å². The predicted octanol–water partition coefficient (Wildman–Crippen LogP) is 5.45. The fourth-order valence-corrected chi connectivity index (χ4v) is 4.59. The molecule has 1 fully saturated rings. The Morgan fingerprint density at radius 2 is 1.32 bits per heavy atom. The van der Waals surface area contributed by atoms with Crippen LogP contribution >= 0.6 is 0 Å². The lowest BCUT2D eigenvalue weighted by atomic mass is 9.77. The zero-order valence-corrected chi connectivity index (χ0v) is 17.6. The van der Waals surface area contributed by atoms with E-state index in [9.17, 15) is 0 Å². The van der Waals surface area contributed by atoms with Crippen LogP contribution in [0, 0.1) is 0 Å². The lowest BCUT2D eigenvalue weighted by molar-refractivity contribution is 0.00578. The zero-order valence-electron chi connectivity index (χ0n) is 17.6. The molecule has 2 aliphatic rings. The summed E-state index contributed by atoms with van der Waals surface area (Å²) in [5, 5.41) is 2.50. The SMILES string of the molecule is CC1(C)c2ccccc2-c2cc3ccc(B4OC(C)(C)C(C)(C)O4)cc3cc21. The number of hydrogen-bond acceptors (Lipinski definition) is 2. The first-order chi connectivity index (χ1) is 13.1. The standard InChI is InChI=1S/C25H27BO2/c1-23(2)21-10-8-7-9-19(21)20-14-16-11-12-18(13-17(16)15-22(20)23)26-27-24(3,4)25(5,6)28-26/h7-15H,1-6H3. The van der Waals surface area contributed by atoms with Crippen LogP contribution < -0.4 is 5.46 Å². The Kier molecular flexibility index (Phi) is 3.52. The molecular formula is C25H27BO2. The lowest BCUT2D eigenvalue weighted by Crippen LogP contribution is -2.41. The van der Waals surface area contributed by atoms with Crippen LogP contribution in [0.4, 0.5) is 0 Å². The monoisotopic (exact) mass is 370 g/mol. The molecule has 3 aromatic carbocycles. The molecule has 0 spiro atoms. The van der Waals surface area contributed by atoms with Crippen LogP contribution in [-0.2, 0) is 14.7 Å². The summed E-state index contributed by atoms with van der Waals surface area (Å²) >= 11 is 0. The molecule has 3 heteroatoms. The van der Waals surface area contributed by atoms with Crippen molar-refractivity contribution in [2.45, 2.75) is 58.2 Å². The minimum absolute atomic E-state index is 0.0143. The molecule has 1 heterocycles. The highest BCUT2D eigenvalue weighted by Crippen LogP contribution is 2.49. The molecule has 142 valence electrons. The van der Waals surface area contributed by atoms with Crippen LogP contribution in [0.15, 0.2) is 54.6 Å². The molecule has 3 aromatic rings. The summed E-state index contributed by atoms with van der Waals surface area (Å²) in [7, 11) is -0.326.